The normalized spacial score (nSPS) is 11.0. The van der Waals surface area contributed by atoms with Gasteiger partial charge >= 0.3 is 0 Å². The van der Waals surface area contributed by atoms with Crippen LogP contribution in [0.25, 0.3) is 0 Å². The second-order valence-electron chi connectivity index (χ2n) is 11.7. The molecule has 0 N–H and O–H groups in total. The molecule has 4 nitrogen and oxygen atoms in total. The van der Waals surface area contributed by atoms with Crippen molar-refractivity contribution >= 4 is 11.6 Å². The summed E-state index contributed by atoms with van der Waals surface area (Å²) in [4.78, 5) is 26.3. The quantitative estimate of drug-likeness (QED) is 0.0601. The van der Waals surface area contributed by atoms with Crippen LogP contribution in [0.1, 0.15) is 163 Å². The van der Waals surface area contributed by atoms with Crippen LogP contribution in [0.3, 0.4) is 0 Å². The third-order valence-corrected chi connectivity index (χ3v) is 7.97. The highest BCUT2D eigenvalue weighted by atomic mass is 16.5. The smallest absolute Gasteiger partial charge is 0.237 e. The molecule has 0 spiro atoms. The Balaban J connectivity index is 1.86. The molecule has 0 aliphatic rings. The maximum absolute atomic E-state index is 13.3. The monoisotopic (exact) mass is 578 g/mol. The van der Waals surface area contributed by atoms with Gasteiger partial charge in [-0.05, 0) is 25.0 Å². The van der Waals surface area contributed by atoms with E-state index in [0.717, 1.165) is 25.7 Å². The molecule has 0 saturated carbocycles. The van der Waals surface area contributed by atoms with Crippen molar-refractivity contribution in [3.63, 3.8) is 0 Å². The standard InChI is InChI=1S/C38H58O4/c1-3-5-7-9-11-13-15-17-19-24-31-41-35-30-26-29-34(37(40)36(39)33-27-22-21-23-28-33)38(35)42-32-25-20-18-16-14-12-10-8-6-4-2/h21-23,26-30H,3-20,24-25,31-32H2,1-2H3. The Morgan fingerprint density at radius 2 is 0.929 bits per heavy atom. The Hall–Kier alpha value is -2.62. The van der Waals surface area contributed by atoms with E-state index in [9.17, 15) is 9.59 Å². The van der Waals surface area contributed by atoms with Gasteiger partial charge in [-0.1, -0.05) is 166 Å². The number of benzene rings is 2. The maximum atomic E-state index is 13.3. The summed E-state index contributed by atoms with van der Waals surface area (Å²) in [5.74, 6) is -0.102. The molecule has 0 atom stereocenters. The average Bonchev–Trinajstić information content (AvgIpc) is 3.02. The second-order valence-corrected chi connectivity index (χ2v) is 11.7. The number of carbonyl (C=O) groups excluding carboxylic acids is 2. The third kappa shape index (κ3) is 15.0. The first kappa shape index (κ1) is 35.6. The van der Waals surface area contributed by atoms with Crippen molar-refractivity contribution in [3.05, 3.63) is 59.7 Å². The van der Waals surface area contributed by atoms with Gasteiger partial charge in [0.2, 0.25) is 11.6 Å². The first-order valence-corrected chi connectivity index (χ1v) is 17.2. The number of hydrogen-bond donors (Lipinski definition) is 0. The van der Waals surface area contributed by atoms with E-state index in [2.05, 4.69) is 13.8 Å². The largest absolute Gasteiger partial charge is 0.490 e. The van der Waals surface area contributed by atoms with Gasteiger partial charge in [0.1, 0.15) is 0 Å². The Bertz CT molecular complexity index is 968. The van der Waals surface area contributed by atoms with Crippen molar-refractivity contribution in [2.45, 2.75) is 142 Å². The van der Waals surface area contributed by atoms with Crippen LogP contribution in [0, 0.1) is 0 Å². The van der Waals surface area contributed by atoms with Crippen LogP contribution in [0.5, 0.6) is 11.5 Å². The first-order valence-electron chi connectivity index (χ1n) is 17.2. The molecule has 0 fully saturated rings. The van der Waals surface area contributed by atoms with Crippen molar-refractivity contribution in [1.29, 1.82) is 0 Å². The lowest BCUT2D eigenvalue weighted by Crippen LogP contribution is -2.16. The minimum atomic E-state index is -0.552. The van der Waals surface area contributed by atoms with E-state index in [0.29, 0.717) is 30.3 Å². The molecule has 2 rings (SSSR count). The van der Waals surface area contributed by atoms with Crippen LogP contribution in [0.2, 0.25) is 0 Å². The van der Waals surface area contributed by atoms with Gasteiger partial charge in [-0.3, -0.25) is 9.59 Å². The number of para-hydroxylation sites is 1. The molecule has 0 aliphatic carbocycles. The van der Waals surface area contributed by atoms with E-state index in [1.807, 2.05) is 12.1 Å². The molecule has 0 aromatic heterocycles. The topological polar surface area (TPSA) is 52.6 Å². The molecule has 2 aromatic carbocycles. The molecule has 0 amide bonds. The molecule has 2 aromatic rings. The summed E-state index contributed by atoms with van der Waals surface area (Å²) in [5.41, 5.74) is 0.677. The van der Waals surface area contributed by atoms with Gasteiger partial charge in [-0.25, -0.2) is 0 Å². The van der Waals surface area contributed by atoms with Crippen molar-refractivity contribution < 1.29 is 19.1 Å². The maximum Gasteiger partial charge on any atom is 0.237 e. The second kappa shape index (κ2) is 23.9. The first-order chi connectivity index (χ1) is 20.7. The van der Waals surface area contributed by atoms with E-state index in [1.165, 1.54) is 103 Å². The zero-order valence-corrected chi connectivity index (χ0v) is 26.8. The van der Waals surface area contributed by atoms with Crippen LogP contribution >= 0.6 is 0 Å². The molecule has 0 bridgehead atoms. The molecule has 234 valence electrons. The Morgan fingerprint density at radius 1 is 0.476 bits per heavy atom. The zero-order chi connectivity index (χ0) is 30.1. The lowest BCUT2D eigenvalue weighted by molar-refractivity contribution is 0.0814. The lowest BCUT2D eigenvalue weighted by atomic mass is 10.0. The highest BCUT2D eigenvalue weighted by Gasteiger charge is 2.24. The van der Waals surface area contributed by atoms with Gasteiger partial charge in [0.25, 0.3) is 0 Å². The van der Waals surface area contributed by atoms with Crippen LogP contribution in [-0.4, -0.2) is 24.8 Å². The summed E-state index contributed by atoms with van der Waals surface area (Å²) >= 11 is 0. The summed E-state index contributed by atoms with van der Waals surface area (Å²) in [7, 11) is 0. The van der Waals surface area contributed by atoms with Gasteiger partial charge in [-0.15, -0.1) is 0 Å². The van der Waals surface area contributed by atoms with E-state index >= 15 is 0 Å². The Morgan fingerprint density at radius 3 is 1.43 bits per heavy atom. The van der Waals surface area contributed by atoms with E-state index in [1.54, 1.807) is 36.4 Å². The molecule has 0 aliphatic heterocycles. The summed E-state index contributed by atoms with van der Waals surface area (Å²) < 4.78 is 12.3. The van der Waals surface area contributed by atoms with Crippen molar-refractivity contribution in [1.82, 2.24) is 0 Å². The van der Waals surface area contributed by atoms with Gasteiger partial charge in [-0.2, -0.15) is 0 Å². The van der Waals surface area contributed by atoms with Crippen LogP contribution in [0.4, 0.5) is 0 Å². The number of unbranched alkanes of at least 4 members (excludes halogenated alkanes) is 18. The number of ether oxygens (including phenoxy) is 2. The van der Waals surface area contributed by atoms with Gasteiger partial charge in [0.05, 0.1) is 18.8 Å². The van der Waals surface area contributed by atoms with Crippen LogP contribution in [0.15, 0.2) is 48.5 Å². The fraction of sp³-hybridized carbons (Fsp3) is 0.632. The summed E-state index contributed by atoms with van der Waals surface area (Å²) in [6.07, 6.45) is 25.1. The summed E-state index contributed by atoms with van der Waals surface area (Å²) in [6, 6.07) is 14.1. The van der Waals surface area contributed by atoms with Gasteiger partial charge in [0.15, 0.2) is 11.5 Å². The summed E-state index contributed by atoms with van der Waals surface area (Å²) in [6.45, 7) is 5.60. The number of ketones is 2. The van der Waals surface area contributed by atoms with Crippen molar-refractivity contribution in [3.8, 4) is 11.5 Å². The number of carbonyl (C=O) groups is 2. The fourth-order valence-corrected chi connectivity index (χ4v) is 5.34. The molecule has 0 saturated heterocycles. The minimum absolute atomic E-state index is 0.288. The number of rotatable bonds is 27. The predicted molar refractivity (Wildman–Crippen MR) is 176 cm³/mol. The molecular formula is C38H58O4. The molecule has 42 heavy (non-hydrogen) atoms. The number of hydrogen-bond acceptors (Lipinski definition) is 4. The Labute approximate surface area is 257 Å². The minimum Gasteiger partial charge on any atom is -0.490 e. The van der Waals surface area contributed by atoms with Crippen molar-refractivity contribution in [2.75, 3.05) is 13.2 Å². The highest BCUT2D eigenvalue weighted by molar-refractivity contribution is 6.49. The highest BCUT2D eigenvalue weighted by Crippen LogP contribution is 2.33. The fourth-order valence-electron chi connectivity index (χ4n) is 5.34. The van der Waals surface area contributed by atoms with E-state index in [-0.39, 0.29) is 5.56 Å². The Kier molecular flexibility index (Phi) is 20.2. The lowest BCUT2D eigenvalue weighted by Gasteiger charge is -2.16. The average molecular weight is 579 g/mol. The third-order valence-electron chi connectivity index (χ3n) is 7.97. The molecule has 0 unspecified atom stereocenters. The van der Waals surface area contributed by atoms with Crippen LogP contribution < -0.4 is 9.47 Å². The van der Waals surface area contributed by atoms with E-state index < -0.39 is 11.6 Å². The van der Waals surface area contributed by atoms with Gasteiger partial charge < -0.3 is 9.47 Å². The molecule has 0 heterocycles. The molecular weight excluding hydrogens is 520 g/mol. The SMILES string of the molecule is CCCCCCCCCCCCOc1cccc(C(=O)C(=O)c2ccccc2)c1OCCCCCCCCCCCC. The predicted octanol–water partition coefficient (Wildman–Crippen LogP) is 11.4. The summed E-state index contributed by atoms with van der Waals surface area (Å²) in [5, 5.41) is 0. The number of Topliss-reactive ketones (excluding diaryl/α,β-unsaturated/α-hetero) is 2. The van der Waals surface area contributed by atoms with E-state index in [4.69, 9.17) is 9.47 Å². The van der Waals surface area contributed by atoms with Crippen molar-refractivity contribution in [2.24, 2.45) is 0 Å². The molecule has 4 heteroatoms. The van der Waals surface area contributed by atoms with Crippen LogP contribution in [-0.2, 0) is 0 Å². The zero-order valence-electron chi connectivity index (χ0n) is 26.8. The molecule has 0 radical (unpaired) electrons. The van der Waals surface area contributed by atoms with Gasteiger partial charge in [0, 0.05) is 5.56 Å².